The Bertz CT molecular complexity index is 172. The van der Waals surface area contributed by atoms with E-state index in [0.717, 1.165) is 6.54 Å². The third-order valence-electron chi connectivity index (χ3n) is 1.42. The van der Waals surface area contributed by atoms with Crippen LogP contribution in [0, 0.1) is 0 Å². The van der Waals surface area contributed by atoms with E-state index < -0.39 is 5.60 Å². The molecule has 0 saturated heterocycles. The summed E-state index contributed by atoms with van der Waals surface area (Å²) in [7, 11) is 0. The molecule has 64 valence electrons. The molecule has 5 nitrogen and oxygen atoms in total. The van der Waals surface area contributed by atoms with Crippen molar-refractivity contribution in [2.75, 3.05) is 6.54 Å². The van der Waals surface area contributed by atoms with Crippen LogP contribution in [0.1, 0.15) is 20.8 Å². The lowest BCUT2D eigenvalue weighted by atomic mass is 10.1. The van der Waals surface area contributed by atoms with Gasteiger partial charge in [-0.2, -0.15) is 0 Å². The number of nitrogens with one attached hydrogen (secondary N) is 2. The van der Waals surface area contributed by atoms with E-state index in [-0.39, 0.29) is 0 Å². The molecule has 1 rings (SSSR count). The van der Waals surface area contributed by atoms with Crippen molar-refractivity contribution in [1.82, 2.24) is 16.1 Å². The number of hydrazone groups is 1. The molecular weight excluding hydrogens is 144 g/mol. The molecule has 3 N–H and O–H groups in total. The number of hydrazine groups is 2. The number of aliphatic hydroxyl groups is 1. The van der Waals surface area contributed by atoms with Crippen molar-refractivity contribution in [2.24, 2.45) is 5.10 Å². The summed E-state index contributed by atoms with van der Waals surface area (Å²) < 4.78 is 0. The molecule has 0 aromatic rings. The van der Waals surface area contributed by atoms with Crippen LogP contribution in [0.5, 0.6) is 0 Å². The van der Waals surface area contributed by atoms with Crippen LogP contribution in [0.3, 0.4) is 0 Å². The van der Waals surface area contributed by atoms with Crippen molar-refractivity contribution in [2.45, 2.75) is 26.4 Å². The molecule has 0 bridgehead atoms. The minimum Gasteiger partial charge on any atom is -0.382 e. The third-order valence-corrected chi connectivity index (χ3v) is 1.42. The first kappa shape index (κ1) is 8.29. The fourth-order valence-electron chi connectivity index (χ4n) is 0.712. The Hall–Kier alpha value is -0.810. The average Bonchev–Trinajstić information content (AvgIpc) is 2.32. The normalized spacial score (nSPS) is 19.1. The Labute approximate surface area is 66.0 Å². The van der Waals surface area contributed by atoms with Gasteiger partial charge >= 0.3 is 0 Å². The van der Waals surface area contributed by atoms with Crippen molar-refractivity contribution >= 4 is 5.84 Å². The zero-order valence-corrected chi connectivity index (χ0v) is 7.05. The van der Waals surface area contributed by atoms with Crippen LogP contribution in [-0.4, -0.2) is 28.2 Å². The molecule has 1 aliphatic heterocycles. The van der Waals surface area contributed by atoms with Crippen LogP contribution in [0.4, 0.5) is 0 Å². The molecule has 1 aliphatic rings. The third kappa shape index (κ3) is 1.81. The highest BCUT2D eigenvalue weighted by atomic mass is 16.3. The molecule has 0 saturated carbocycles. The Morgan fingerprint density at radius 1 is 1.64 bits per heavy atom. The van der Waals surface area contributed by atoms with Crippen molar-refractivity contribution < 1.29 is 5.11 Å². The van der Waals surface area contributed by atoms with Gasteiger partial charge in [-0.15, -0.1) is 10.2 Å². The summed E-state index contributed by atoms with van der Waals surface area (Å²) in [5.41, 5.74) is 4.71. The van der Waals surface area contributed by atoms with E-state index in [2.05, 4.69) is 16.1 Å². The van der Waals surface area contributed by atoms with Gasteiger partial charge in [0.2, 0.25) is 0 Å². The van der Waals surface area contributed by atoms with Crippen LogP contribution < -0.4 is 11.0 Å². The van der Waals surface area contributed by atoms with Gasteiger partial charge in [-0.3, -0.25) is 5.43 Å². The maximum Gasteiger partial charge on any atom is 0.171 e. The monoisotopic (exact) mass is 158 g/mol. The zero-order chi connectivity index (χ0) is 8.48. The van der Waals surface area contributed by atoms with Crippen LogP contribution >= 0.6 is 0 Å². The second-order valence-electron chi connectivity index (χ2n) is 2.98. The maximum atomic E-state index is 9.47. The Kier molecular flexibility index (Phi) is 2.01. The first-order valence-corrected chi connectivity index (χ1v) is 3.64. The molecular formula is C6H14N4O. The first-order chi connectivity index (χ1) is 5.04. The van der Waals surface area contributed by atoms with Gasteiger partial charge in [0, 0.05) is 6.54 Å². The Morgan fingerprint density at radius 3 is 2.55 bits per heavy atom. The largest absolute Gasteiger partial charge is 0.382 e. The Morgan fingerprint density at radius 2 is 2.27 bits per heavy atom. The van der Waals surface area contributed by atoms with E-state index in [4.69, 9.17) is 0 Å². The molecule has 0 aliphatic carbocycles. The molecule has 0 aromatic carbocycles. The number of hydrogen-bond acceptors (Lipinski definition) is 5. The smallest absolute Gasteiger partial charge is 0.171 e. The molecule has 0 aromatic heterocycles. The second-order valence-corrected chi connectivity index (χ2v) is 2.98. The number of amidine groups is 1. The standard InChI is InChI=1S/C6H14N4O/c1-4-10-8-5(7-9-10)6(2,3)11/h9,11H,4H2,1-3H3,(H,7,8). The Balaban J connectivity index is 2.53. The van der Waals surface area contributed by atoms with Gasteiger partial charge in [0.05, 0.1) is 0 Å². The van der Waals surface area contributed by atoms with Gasteiger partial charge in [0.1, 0.15) is 5.60 Å². The molecule has 1 heterocycles. The second kappa shape index (κ2) is 2.67. The quantitative estimate of drug-likeness (QED) is 0.503. The molecule has 0 fully saturated rings. The highest BCUT2D eigenvalue weighted by Gasteiger charge is 2.26. The molecule has 11 heavy (non-hydrogen) atoms. The van der Waals surface area contributed by atoms with Gasteiger partial charge < -0.3 is 5.11 Å². The maximum absolute atomic E-state index is 9.47. The van der Waals surface area contributed by atoms with Crippen molar-refractivity contribution in [1.29, 1.82) is 0 Å². The van der Waals surface area contributed by atoms with Crippen molar-refractivity contribution in [3.8, 4) is 0 Å². The molecule has 5 heteroatoms. The fourth-order valence-corrected chi connectivity index (χ4v) is 0.712. The molecule has 0 radical (unpaired) electrons. The summed E-state index contributed by atoms with van der Waals surface area (Å²) in [6.45, 7) is 6.12. The van der Waals surface area contributed by atoms with E-state index in [1.54, 1.807) is 19.0 Å². The van der Waals surface area contributed by atoms with Crippen LogP contribution in [-0.2, 0) is 0 Å². The lowest BCUT2D eigenvalue weighted by molar-refractivity contribution is 0.138. The van der Waals surface area contributed by atoms with E-state index >= 15 is 0 Å². The number of hydrogen-bond donors (Lipinski definition) is 3. The SMILES string of the molecule is CCN1NN=C(C(C)(C)O)N1. The molecule has 0 atom stereocenters. The summed E-state index contributed by atoms with van der Waals surface area (Å²) in [6, 6.07) is 0. The van der Waals surface area contributed by atoms with E-state index in [1.165, 1.54) is 0 Å². The zero-order valence-electron chi connectivity index (χ0n) is 7.05. The van der Waals surface area contributed by atoms with E-state index in [9.17, 15) is 5.11 Å². The van der Waals surface area contributed by atoms with Gasteiger partial charge in [0.15, 0.2) is 5.84 Å². The average molecular weight is 158 g/mol. The molecule has 0 unspecified atom stereocenters. The van der Waals surface area contributed by atoms with Crippen molar-refractivity contribution in [3.63, 3.8) is 0 Å². The minimum absolute atomic E-state index is 0.541. The van der Waals surface area contributed by atoms with Crippen molar-refractivity contribution in [3.05, 3.63) is 0 Å². The highest BCUT2D eigenvalue weighted by molar-refractivity contribution is 5.89. The van der Waals surface area contributed by atoms with Crippen LogP contribution in [0.25, 0.3) is 0 Å². The van der Waals surface area contributed by atoms with Gasteiger partial charge in [-0.1, -0.05) is 0 Å². The summed E-state index contributed by atoms with van der Waals surface area (Å²) in [4.78, 5) is 0. The van der Waals surface area contributed by atoms with Gasteiger partial charge in [-0.05, 0) is 20.8 Å². The summed E-state index contributed by atoms with van der Waals surface area (Å²) in [5.74, 6) is 0.541. The summed E-state index contributed by atoms with van der Waals surface area (Å²) in [6.07, 6.45) is 0. The van der Waals surface area contributed by atoms with Crippen LogP contribution in [0.2, 0.25) is 0 Å². The lowest BCUT2D eigenvalue weighted by Crippen LogP contribution is -2.47. The number of rotatable bonds is 2. The van der Waals surface area contributed by atoms with E-state index in [1.807, 2.05) is 6.92 Å². The van der Waals surface area contributed by atoms with Crippen LogP contribution in [0.15, 0.2) is 5.10 Å². The minimum atomic E-state index is -0.906. The fraction of sp³-hybridized carbons (Fsp3) is 0.833. The lowest BCUT2D eigenvalue weighted by Gasteiger charge is -2.18. The molecule has 0 spiro atoms. The first-order valence-electron chi connectivity index (χ1n) is 3.64. The number of nitrogens with zero attached hydrogens (tertiary/aromatic N) is 2. The predicted octanol–water partition coefficient (Wildman–Crippen LogP) is -0.585. The summed E-state index contributed by atoms with van der Waals surface area (Å²) >= 11 is 0. The summed E-state index contributed by atoms with van der Waals surface area (Å²) in [5, 5.41) is 15.0. The predicted molar refractivity (Wildman–Crippen MR) is 42.4 cm³/mol. The van der Waals surface area contributed by atoms with Gasteiger partial charge in [-0.25, -0.2) is 5.53 Å². The molecule has 0 amide bonds. The van der Waals surface area contributed by atoms with Gasteiger partial charge in [0.25, 0.3) is 0 Å². The van der Waals surface area contributed by atoms with E-state index in [0.29, 0.717) is 5.84 Å². The topological polar surface area (TPSA) is 59.9 Å². The highest BCUT2D eigenvalue weighted by Crippen LogP contribution is 2.04.